The molecule has 0 aromatic heterocycles. The molecular weight excluding hydrogens is 303 g/mol. The standard InChI is InChI=1S/C10H15N2O3P.2C2H7N/c1-2-15-16(14,8-10(13)12-11)9-6-4-3-5-7-9;2*1-3-2/h3-7H,2,8,11H2,1H3,(H,12,13);2*3H,1-2H3. The van der Waals surface area contributed by atoms with E-state index in [1.807, 2.05) is 39.7 Å². The van der Waals surface area contributed by atoms with Gasteiger partial charge in [0.15, 0.2) is 0 Å². The number of nitrogens with one attached hydrogen (secondary N) is 3. The van der Waals surface area contributed by atoms with Crippen LogP contribution < -0.4 is 27.2 Å². The van der Waals surface area contributed by atoms with Gasteiger partial charge in [0.2, 0.25) is 13.3 Å². The molecule has 0 aliphatic heterocycles. The van der Waals surface area contributed by atoms with E-state index in [2.05, 4.69) is 10.6 Å². The van der Waals surface area contributed by atoms with Crippen LogP contribution in [0.1, 0.15) is 6.92 Å². The lowest BCUT2D eigenvalue weighted by Crippen LogP contribution is -2.34. The van der Waals surface area contributed by atoms with Gasteiger partial charge in [0, 0.05) is 5.30 Å². The Kier molecular flexibility index (Phi) is 15.4. The number of benzene rings is 1. The summed E-state index contributed by atoms with van der Waals surface area (Å²) in [6.45, 7) is 2.01. The highest BCUT2D eigenvalue weighted by molar-refractivity contribution is 7.67. The van der Waals surface area contributed by atoms with Gasteiger partial charge in [-0.25, -0.2) is 5.84 Å². The van der Waals surface area contributed by atoms with E-state index < -0.39 is 13.3 Å². The van der Waals surface area contributed by atoms with Gasteiger partial charge in [-0.2, -0.15) is 0 Å². The number of hydrazine groups is 1. The molecule has 1 aromatic carbocycles. The van der Waals surface area contributed by atoms with Gasteiger partial charge in [-0.15, -0.1) is 0 Å². The quantitative estimate of drug-likeness (QED) is 0.267. The summed E-state index contributed by atoms with van der Waals surface area (Å²) in [5, 5.41) is 6.03. The lowest BCUT2D eigenvalue weighted by Gasteiger charge is -2.16. The molecule has 0 saturated heterocycles. The van der Waals surface area contributed by atoms with E-state index >= 15 is 0 Å². The van der Waals surface area contributed by atoms with Crippen LogP contribution in [0.5, 0.6) is 0 Å². The Balaban J connectivity index is 0. The van der Waals surface area contributed by atoms with Gasteiger partial charge in [0.1, 0.15) is 6.16 Å². The predicted octanol–water partition coefficient (Wildman–Crippen LogP) is 0.288. The third-order valence-corrected chi connectivity index (χ3v) is 4.46. The highest BCUT2D eigenvalue weighted by Gasteiger charge is 2.28. The molecule has 1 amide bonds. The molecule has 1 unspecified atom stereocenters. The molecule has 0 aliphatic rings. The molecule has 0 aliphatic carbocycles. The maximum Gasteiger partial charge on any atom is 0.243 e. The summed E-state index contributed by atoms with van der Waals surface area (Å²) in [5.74, 6) is 4.48. The van der Waals surface area contributed by atoms with Gasteiger partial charge in [0.05, 0.1) is 6.61 Å². The number of amides is 1. The van der Waals surface area contributed by atoms with Crippen molar-refractivity contribution >= 4 is 18.6 Å². The van der Waals surface area contributed by atoms with Crippen molar-refractivity contribution in [1.29, 1.82) is 0 Å². The normalized spacial score (nSPS) is 11.9. The zero-order valence-corrected chi connectivity index (χ0v) is 14.9. The van der Waals surface area contributed by atoms with Crippen molar-refractivity contribution < 1.29 is 13.9 Å². The topological polar surface area (TPSA) is 105 Å². The zero-order valence-electron chi connectivity index (χ0n) is 14.1. The Hall–Kier alpha value is -1.24. The first kappa shape index (κ1) is 23.0. The Morgan fingerprint density at radius 1 is 1.14 bits per heavy atom. The summed E-state index contributed by atoms with van der Waals surface area (Å²) in [6.07, 6.45) is -0.235. The van der Waals surface area contributed by atoms with Crippen LogP contribution >= 0.6 is 7.37 Å². The molecule has 0 radical (unpaired) electrons. The van der Waals surface area contributed by atoms with Crippen molar-refractivity contribution in [2.24, 2.45) is 5.84 Å². The predicted molar refractivity (Wildman–Crippen MR) is 92.5 cm³/mol. The lowest BCUT2D eigenvalue weighted by molar-refractivity contribution is -0.118. The number of rotatable bonds is 5. The van der Waals surface area contributed by atoms with Crippen molar-refractivity contribution in [2.75, 3.05) is 41.0 Å². The molecule has 0 fully saturated rings. The first-order valence-corrected chi connectivity index (χ1v) is 8.72. The summed E-state index contributed by atoms with van der Waals surface area (Å²) in [5.41, 5.74) is 1.96. The number of carbonyl (C=O) groups is 1. The molecule has 1 rings (SSSR count). The molecule has 0 bridgehead atoms. The fraction of sp³-hybridized carbons (Fsp3) is 0.500. The largest absolute Gasteiger partial charge is 0.325 e. The lowest BCUT2D eigenvalue weighted by atomic mass is 10.4. The maximum absolute atomic E-state index is 12.4. The first-order chi connectivity index (χ1) is 10.4. The van der Waals surface area contributed by atoms with E-state index in [0.29, 0.717) is 5.30 Å². The maximum atomic E-state index is 12.4. The van der Waals surface area contributed by atoms with Gasteiger partial charge in [0.25, 0.3) is 0 Å². The van der Waals surface area contributed by atoms with Crippen molar-refractivity contribution in [2.45, 2.75) is 6.92 Å². The van der Waals surface area contributed by atoms with Crippen LogP contribution in [-0.2, 0) is 13.9 Å². The van der Waals surface area contributed by atoms with Gasteiger partial charge in [-0.05, 0) is 47.2 Å². The Bertz CT molecular complexity index is 427. The van der Waals surface area contributed by atoms with Crippen molar-refractivity contribution in [3.63, 3.8) is 0 Å². The molecule has 0 spiro atoms. The average molecular weight is 332 g/mol. The van der Waals surface area contributed by atoms with Crippen molar-refractivity contribution in [3.8, 4) is 0 Å². The smallest absolute Gasteiger partial charge is 0.243 e. The molecule has 0 saturated carbocycles. The summed E-state index contributed by atoms with van der Waals surface area (Å²) >= 11 is 0. The summed E-state index contributed by atoms with van der Waals surface area (Å²) in [4.78, 5) is 11.2. The fourth-order valence-corrected chi connectivity index (χ4v) is 3.25. The Morgan fingerprint density at radius 3 is 1.95 bits per heavy atom. The minimum Gasteiger partial charge on any atom is -0.325 e. The second kappa shape index (κ2) is 14.7. The minimum absolute atomic E-state index is 0.235. The van der Waals surface area contributed by atoms with Crippen molar-refractivity contribution in [3.05, 3.63) is 30.3 Å². The number of nitrogens with two attached hydrogens (primary N) is 1. The molecule has 1 atom stereocenters. The van der Waals surface area contributed by atoms with Gasteiger partial charge < -0.3 is 15.2 Å². The van der Waals surface area contributed by atoms with Crippen molar-refractivity contribution in [1.82, 2.24) is 16.1 Å². The highest BCUT2D eigenvalue weighted by atomic mass is 31.2. The van der Waals surface area contributed by atoms with Crippen LogP contribution in [0, 0.1) is 0 Å². The van der Waals surface area contributed by atoms with E-state index in [4.69, 9.17) is 10.4 Å². The first-order valence-electron chi connectivity index (χ1n) is 6.91. The number of hydrogen-bond acceptors (Lipinski definition) is 6. The van der Waals surface area contributed by atoms with E-state index in [-0.39, 0.29) is 12.8 Å². The van der Waals surface area contributed by atoms with E-state index in [0.717, 1.165) is 0 Å². The Morgan fingerprint density at radius 2 is 1.59 bits per heavy atom. The van der Waals surface area contributed by atoms with Crippen LogP contribution in [0.4, 0.5) is 0 Å². The molecular formula is C14H29N4O3P. The third kappa shape index (κ3) is 10.5. The second-order valence-corrected chi connectivity index (χ2v) is 6.59. The van der Waals surface area contributed by atoms with E-state index in [1.54, 1.807) is 31.2 Å². The van der Waals surface area contributed by atoms with Crippen LogP contribution in [-0.4, -0.2) is 46.9 Å². The van der Waals surface area contributed by atoms with E-state index in [1.165, 1.54) is 0 Å². The molecule has 8 heteroatoms. The SMILES string of the molecule is CCOP(=O)(CC(=O)NN)c1ccccc1.CNC.CNC. The molecule has 128 valence electrons. The number of hydrogen-bond donors (Lipinski definition) is 4. The molecule has 7 nitrogen and oxygen atoms in total. The monoisotopic (exact) mass is 332 g/mol. The van der Waals surface area contributed by atoms with Crippen LogP contribution in [0.2, 0.25) is 0 Å². The molecule has 22 heavy (non-hydrogen) atoms. The van der Waals surface area contributed by atoms with Gasteiger partial charge in [-0.1, -0.05) is 18.2 Å². The number of carbonyl (C=O) groups excluding carboxylic acids is 1. The minimum atomic E-state index is -3.14. The van der Waals surface area contributed by atoms with Crippen LogP contribution in [0.3, 0.4) is 0 Å². The highest BCUT2D eigenvalue weighted by Crippen LogP contribution is 2.44. The summed E-state index contributed by atoms with van der Waals surface area (Å²) in [7, 11) is 4.36. The van der Waals surface area contributed by atoms with E-state index in [9.17, 15) is 9.36 Å². The molecule has 5 N–H and O–H groups in total. The molecule has 0 heterocycles. The second-order valence-electron chi connectivity index (χ2n) is 4.15. The van der Waals surface area contributed by atoms with Crippen LogP contribution in [0.25, 0.3) is 0 Å². The third-order valence-electron chi connectivity index (χ3n) is 2.00. The van der Waals surface area contributed by atoms with Gasteiger partial charge in [-0.3, -0.25) is 14.8 Å². The zero-order chi connectivity index (χ0) is 17.4. The Labute approximate surface area is 133 Å². The van der Waals surface area contributed by atoms with Gasteiger partial charge >= 0.3 is 0 Å². The molecule has 1 aromatic rings. The summed E-state index contributed by atoms with van der Waals surface area (Å²) < 4.78 is 17.7. The fourth-order valence-electron chi connectivity index (χ4n) is 1.31. The van der Waals surface area contributed by atoms with Crippen LogP contribution in [0.15, 0.2) is 30.3 Å². The summed E-state index contributed by atoms with van der Waals surface area (Å²) in [6, 6.07) is 8.67. The average Bonchev–Trinajstić information content (AvgIpc) is 2.50.